The summed E-state index contributed by atoms with van der Waals surface area (Å²) in [4.78, 5) is 12.3. The van der Waals surface area contributed by atoms with E-state index < -0.39 is 32.5 Å². The number of sulfonamides is 2. The number of hydrogen-bond donors (Lipinski definition) is 1. The predicted octanol–water partition coefficient (Wildman–Crippen LogP) is 2.41. The third-order valence-electron chi connectivity index (χ3n) is 4.34. The zero-order chi connectivity index (χ0) is 23.9. The Kier molecular flexibility index (Phi) is 9.40. The number of nitrogens with one attached hydrogen (secondary N) is 1. The Morgan fingerprint density at radius 1 is 1.00 bits per heavy atom. The average molecular weight is 520 g/mol. The van der Waals surface area contributed by atoms with E-state index in [1.165, 1.54) is 38.4 Å². The van der Waals surface area contributed by atoms with E-state index in [0.29, 0.717) is 17.3 Å². The molecule has 0 atom stereocenters. The molecule has 0 aromatic heterocycles. The molecular formula is C20H26ClN3O5S3. The Morgan fingerprint density at radius 2 is 1.59 bits per heavy atom. The van der Waals surface area contributed by atoms with Gasteiger partial charge in [-0.1, -0.05) is 23.7 Å². The molecule has 176 valence electrons. The average Bonchev–Trinajstić information content (AvgIpc) is 2.72. The lowest BCUT2D eigenvalue weighted by molar-refractivity contribution is -0.119. The van der Waals surface area contributed by atoms with Gasteiger partial charge in [0.15, 0.2) is 0 Å². The van der Waals surface area contributed by atoms with E-state index in [4.69, 9.17) is 11.6 Å². The fourth-order valence-electron chi connectivity index (χ4n) is 2.61. The molecule has 0 aliphatic heterocycles. The third-order valence-corrected chi connectivity index (χ3v) is 8.59. The molecule has 12 heteroatoms. The summed E-state index contributed by atoms with van der Waals surface area (Å²) in [6, 6.07) is 12.9. The lowest BCUT2D eigenvalue weighted by Gasteiger charge is -2.22. The maximum atomic E-state index is 12.3. The van der Waals surface area contributed by atoms with Crippen LogP contribution in [0.15, 0.2) is 53.4 Å². The predicted molar refractivity (Wildman–Crippen MR) is 130 cm³/mol. The zero-order valence-corrected chi connectivity index (χ0v) is 21.2. The number of rotatable bonds is 11. The highest BCUT2D eigenvalue weighted by atomic mass is 35.5. The van der Waals surface area contributed by atoms with Gasteiger partial charge in [0.1, 0.15) is 6.54 Å². The smallest absolute Gasteiger partial charge is 0.242 e. The van der Waals surface area contributed by atoms with E-state index in [2.05, 4.69) is 5.32 Å². The summed E-state index contributed by atoms with van der Waals surface area (Å²) in [7, 11) is -4.58. The van der Waals surface area contributed by atoms with E-state index in [1.807, 2.05) is 24.3 Å². The molecule has 1 amide bonds. The van der Waals surface area contributed by atoms with Gasteiger partial charge in [0.2, 0.25) is 26.0 Å². The molecule has 2 aromatic carbocycles. The molecule has 0 fully saturated rings. The molecule has 0 bridgehead atoms. The van der Waals surface area contributed by atoms with Gasteiger partial charge in [-0.25, -0.2) is 21.1 Å². The molecule has 0 saturated heterocycles. The van der Waals surface area contributed by atoms with E-state index in [9.17, 15) is 21.6 Å². The number of nitrogens with zero attached hydrogens (tertiary/aromatic N) is 2. The van der Waals surface area contributed by atoms with E-state index in [1.54, 1.807) is 11.8 Å². The summed E-state index contributed by atoms with van der Waals surface area (Å²) in [6.07, 6.45) is 0.993. The van der Waals surface area contributed by atoms with Crippen molar-refractivity contribution in [2.75, 3.05) is 43.5 Å². The first-order chi connectivity index (χ1) is 14.9. The van der Waals surface area contributed by atoms with Gasteiger partial charge >= 0.3 is 0 Å². The summed E-state index contributed by atoms with van der Waals surface area (Å²) in [5, 5.41) is 3.39. The number of halogens is 1. The Hall–Kier alpha value is -1.79. The van der Waals surface area contributed by atoms with Gasteiger partial charge in [0.25, 0.3) is 0 Å². The van der Waals surface area contributed by atoms with Crippen molar-refractivity contribution in [2.24, 2.45) is 0 Å². The second kappa shape index (κ2) is 11.4. The maximum Gasteiger partial charge on any atom is 0.242 e. The molecule has 2 aromatic rings. The highest BCUT2D eigenvalue weighted by Gasteiger charge is 2.22. The molecule has 1 N–H and O–H groups in total. The van der Waals surface area contributed by atoms with Crippen molar-refractivity contribution in [3.05, 3.63) is 59.1 Å². The van der Waals surface area contributed by atoms with Crippen LogP contribution in [-0.4, -0.2) is 66.2 Å². The molecule has 0 aliphatic carbocycles. The fraction of sp³-hybridized carbons (Fsp3) is 0.350. The van der Waals surface area contributed by atoms with Crippen molar-refractivity contribution in [3.63, 3.8) is 0 Å². The lowest BCUT2D eigenvalue weighted by atomic mass is 10.2. The number of hydrogen-bond acceptors (Lipinski definition) is 6. The van der Waals surface area contributed by atoms with Gasteiger partial charge < -0.3 is 5.32 Å². The minimum Gasteiger partial charge on any atom is -0.354 e. The van der Waals surface area contributed by atoms with Crippen LogP contribution in [0.1, 0.15) is 5.56 Å². The maximum absolute atomic E-state index is 12.3. The van der Waals surface area contributed by atoms with Gasteiger partial charge in [-0.15, -0.1) is 0 Å². The Bertz CT molecular complexity index is 1120. The minimum absolute atomic E-state index is 0.0295. The lowest BCUT2D eigenvalue weighted by Crippen LogP contribution is -2.41. The molecule has 8 nitrogen and oxygen atoms in total. The van der Waals surface area contributed by atoms with Gasteiger partial charge in [-0.2, -0.15) is 11.8 Å². The fourth-order valence-corrected chi connectivity index (χ4v) is 5.32. The first-order valence-electron chi connectivity index (χ1n) is 9.50. The third kappa shape index (κ3) is 7.66. The van der Waals surface area contributed by atoms with Crippen molar-refractivity contribution >= 4 is 55.0 Å². The van der Waals surface area contributed by atoms with Crippen LogP contribution in [0.25, 0.3) is 0 Å². The largest absolute Gasteiger partial charge is 0.354 e. The topological polar surface area (TPSA) is 104 Å². The van der Waals surface area contributed by atoms with E-state index >= 15 is 0 Å². The number of anilines is 1. The normalized spacial score (nSPS) is 12.0. The number of thioether (sulfide) groups is 1. The molecule has 0 radical (unpaired) electrons. The van der Waals surface area contributed by atoms with Gasteiger partial charge in [0, 0.05) is 37.2 Å². The first kappa shape index (κ1) is 26.5. The highest BCUT2D eigenvalue weighted by Crippen LogP contribution is 2.21. The summed E-state index contributed by atoms with van der Waals surface area (Å²) in [5.74, 6) is 0.974. The molecule has 0 spiro atoms. The van der Waals surface area contributed by atoms with Crippen LogP contribution in [-0.2, 0) is 30.6 Å². The van der Waals surface area contributed by atoms with Crippen LogP contribution in [0.5, 0.6) is 0 Å². The summed E-state index contributed by atoms with van der Waals surface area (Å²) in [6.45, 7) is -0.0187. The summed E-state index contributed by atoms with van der Waals surface area (Å²) < 4.78 is 50.8. The van der Waals surface area contributed by atoms with Crippen molar-refractivity contribution < 1.29 is 21.6 Å². The van der Waals surface area contributed by atoms with Crippen molar-refractivity contribution in [1.82, 2.24) is 9.62 Å². The van der Waals surface area contributed by atoms with Gasteiger partial charge in [-0.3, -0.25) is 9.10 Å². The Balaban J connectivity index is 1.93. The number of carbonyl (C=O) groups excluding carboxylic acids is 1. The SMILES string of the molecule is CN(C)S(=O)(=O)c1ccc(N(CC(=O)NCCSCc2ccc(Cl)cc2)S(C)(=O)=O)cc1. The van der Waals surface area contributed by atoms with Gasteiger partial charge in [0.05, 0.1) is 16.8 Å². The number of amides is 1. The van der Waals surface area contributed by atoms with Crippen LogP contribution in [0.2, 0.25) is 5.02 Å². The highest BCUT2D eigenvalue weighted by molar-refractivity contribution is 7.98. The number of benzene rings is 2. The Labute approximate surface area is 199 Å². The quantitative estimate of drug-likeness (QED) is 0.457. The second-order valence-corrected chi connectivity index (χ2v) is 12.7. The molecule has 0 unspecified atom stereocenters. The van der Waals surface area contributed by atoms with Crippen LogP contribution >= 0.6 is 23.4 Å². The molecule has 0 heterocycles. The zero-order valence-electron chi connectivity index (χ0n) is 18.0. The van der Waals surface area contributed by atoms with Crippen LogP contribution < -0.4 is 9.62 Å². The van der Waals surface area contributed by atoms with E-state index in [-0.39, 0.29) is 10.6 Å². The number of carbonyl (C=O) groups is 1. The monoisotopic (exact) mass is 519 g/mol. The minimum atomic E-state index is -3.76. The summed E-state index contributed by atoms with van der Waals surface area (Å²) >= 11 is 7.49. The summed E-state index contributed by atoms with van der Waals surface area (Å²) in [5.41, 5.74) is 1.33. The van der Waals surface area contributed by atoms with Crippen molar-refractivity contribution in [3.8, 4) is 0 Å². The van der Waals surface area contributed by atoms with E-state index in [0.717, 1.165) is 26.2 Å². The standard InChI is InChI=1S/C20H26ClN3O5S3/c1-23(2)32(28,29)19-10-8-18(9-11-19)24(31(3,26)27)14-20(25)22-12-13-30-15-16-4-6-17(21)7-5-16/h4-11H,12-15H2,1-3H3,(H,22,25). The second-order valence-electron chi connectivity index (χ2n) is 7.08. The molecule has 0 aliphatic rings. The molecule has 32 heavy (non-hydrogen) atoms. The molecule has 0 saturated carbocycles. The van der Waals surface area contributed by atoms with Crippen LogP contribution in [0, 0.1) is 0 Å². The van der Waals surface area contributed by atoms with Crippen molar-refractivity contribution in [2.45, 2.75) is 10.6 Å². The van der Waals surface area contributed by atoms with Crippen LogP contribution in [0.4, 0.5) is 5.69 Å². The van der Waals surface area contributed by atoms with Crippen LogP contribution in [0.3, 0.4) is 0 Å². The van der Waals surface area contributed by atoms with Gasteiger partial charge in [-0.05, 0) is 42.0 Å². The molecular weight excluding hydrogens is 494 g/mol. The van der Waals surface area contributed by atoms with Crippen molar-refractivity contribution in [1.29, 1.82) is 0 Å². The Morgan fingerprint density at radius 3 is 2.12 bits per heavy atom. The molecule has 2 rings (SSSR count). The first-order valence-corrected chi connectivity index (χ1v) is 14.3.